The van der Waals surface area contributed by atoms with Crippen LogP contribution in [-0.2, 0) is 9.53 Å². The van der Waals surface area contributed by atoms with Crippen molar-refractivity contribution < 1.29 is 9.53 Å². The van der Waals surface area contributed by atoms with Crippen LogP contribution in [0.2, 0.25) is 0 Å². The van der Waals surface area contributed by atoms with Crippen LogP contribution in [0.3, 0.4) is 0 Å². The van der Waals surface area contributed by atoms with Gasteiger partial charge in [0, 0.05) is 13.7 Å². The average Bonchev–Trinajstić information content (AvgIpc) is 2.35. The molecule has 0 N–H and O–H groups in total. The van der Waals surface area contributed by atoms with E-state index < -0.39 is 0 Å². The van der Waals surface area contributed by atoms with Crippen molar-refractivity contribution in [2.45, 2.75) is 27.7 Å². The second kappa shape index (κ2) is 29.3. The number of rotatable bonds is 1. The van der Waals surface area contributed by atoms with E-state index in [1.165, 1.54) is 6.92 Å². The second-order valence-electron chi connectivity index (χ2n) is 1.97. The number of hydrogen-bond donors (Lipinski definition) is 0. The third kappa shape index (κ3) is 44.2. The number of carbonyl (C=O) groups excluding carboxylic acids is 1. The molecule has 88 valence electrons. The summed E-state index contributed by atoms with van der Waals surface area (Å²) < 4.78 is 4.54. The summed E-state index contributed by atoms with van der Waals surface area (Å²) in [4.78, 5) is 8.81. The maximum atomic E-state index is 8.81. The van der Waals surface area contributed by atoms with Gasteiger partial charge in [-0.1, -0.05) is 50.2 Å². The average molecular weight is 212 g/mol. The van der Waals surface area contributed by atoms with Crippen molar-refractivity contribution in [1.29, 1.82) is 0 Å². The molecular weight excluding hydrogens is 188 g/mol. The number of methoxy groups -OCH3 is 1. The molecule has 0 aliphatic rings. The molecule has 1 aromatic carbocycles. The van der Waals surface area contributed by atoms with Crippen LogP contribution in [0, 0.1) is 0 Å². The molecule has 0 unspecified atom stereocenters. The van der Waals surface area contributed by atoms with Crippen LogP contribution in [0.25, 0.3) is 0 Å². The second-order valence-corrected chi connectivity index (χ2v) is 1.97. The standard InChI is InChI=1S/C6H6.C3H8O.C2H4O.C2H6/c1-2-4-6-5-3-1;1-3-4-2;1-2-3;1-2/h1-6H;3H2,1-2H3;2H,1H3;1-2H3. The van der Waals surface area contributed by atoms with E-state index >= 15 is 0 Å². The summed E-state index contributed by atoms with van der Waals surface area (Å²) in [7, 11) is 1.68. The van der Waals surface area contributed by atoms with Crippen molar-refractivity contribution in [3.63, 3.8) is 0 Å². The van der Waals surface area contributed by atoms with Gasteiger partial charge in [-0.05, 0) is 13.8 Å². The Balaban J connectivity index is -0.000000142. The van der Waals surface area contributed by atoms with Gasteiger partial charge in [0.15, 0.2) is 0 Å². The molecule has 1 aromatic rings. The molecule has 15 heavy (non-hydrogen) atoms. The first-order chi connectivity index (χ1) is 7.33. The Morgan fingerprint density at radius 3 is 1.20 bits per heavy atom. The quantitative estimate of drug-likeness (QED) is 0.665. The summed E-state index contributed by atoms with van der Waals surface area (Å²) in [6.45, 7) is 8.22. The summed E-state index contributed by atoms with van der Waals surface area (Å²) >= 11 is 0. The van der Waals surface area contributed by atoms with E-state index in [4.69, 9.17) is 4.79 Å². The van der Waals surface area contributed by atoms with Gasteiger partial charge in [0.2, 0.25) is 0 Å². The molecule has 2 nitrogen and oxygen atoms in total. The lowest BCUT2D eigenvalue weighted by atomic mass is 10.4. The minimum atomic E-state index is 0.750. The van der Waals surface area contributed by atoms with Gasteiger partial charge in [0.25, 0.3) is 0 Å². The SMILES string of the molecule is CC.CC=O.CCOC.c1ccccc1. The summed E-state index contributed by atoms with van der Waals surface area (Å²) in [5.74, 6) is 0. The fraction of sp³-hybridized carbons (Fsp3) is 0.462. The molecule has 0 saturated carbocycles. The lowest BCUT2D eigenvalue weighted by molar-refractivity contribution is -0.106. The third-order valence-corrected chi connectivity index (χ3v) is 0.955. The molecule has 0 amide bonds. The number of benzene rings is 1. The van der Waals surface area contributed by atoms with Gasteiger partial charge in [0.1, 0.15) is 6.29 Å². The molecule has 0 spiro atoms. The smallest absolute Gasteiger partial charge is 0.116 e. The number of hydrogen-bond acceptors (Lipinski definition) is 2. The van der Waals surface area contributed by atoms with Crippen molar-refractivity contribution in [1.82, 2.24) is 0 Å². The highest BCUT2D eigenvalue weighted by Crippen LogP contribution is 1.79. The molecule has 0 heterocycles. The minimum absolute atomic E-state index is 0.750. The lowest BCUT2D eigenvalue weighted by Crippen LogP contribution is -1.73. The van der Waals surface area contributed by atoms with Crippen LogP contribution in [0.5, 0.6) is 0 Å². The Labute approximate surface area is 94.3 Å². The molecule has 0 saturated heterocycles. The number of aldehydes is 1. The van der Waals surface area contributed by atoms with Crippen LogP contribution in [0.1, 0.15) is 27.7 Å². The highest BCUT2D eigenvalue weighted by molar-refractivity contribution is 5.44. The topological polar surface area (TPSA) is 26.3 Å². The molecular formula is C13H24O2. The van der Waals surface area contributed by atoms with E-state index in [-0.39, 0.29) is 0 Å². The zero-order chi connectivity index (χ0) is 12.4. The summed E-state index contributed by atoms with van der Waals surface area (Å²) in [5.41, 5.74) is 0. The zero-order valence-corrected chi connectivity index (χ0v) is 10.6. The van der Waals surface area contributed by atoms with Crippen molar-refractivity contribution in [2.75, 3.05) is 13.7 Å². The third-order valence-electron chi connectivity index (χ3n) is 0.955. The number of carbonyl (C=O) groups is 1. The maximum absolute atomic E-state index is 8.81. The highest BCUT2D eigenvalue weighted by Gasteiger charge is 1.57. The molecule has 0 fully saturated rings. The fourth-order valence-corrected chi connectivity index (χ4v) is 0.385. The van der Waals surface area contributed by atoms with E-state index in [1.807, 2.05) is 57.2 Å². The molecule has 2 heteroatoms. The lowest BCUT2D eigenvalue weighted by Gasteiger charge is -1.76. The normalized spacial score (nSPS) is 6.47. The van der Waals surface area contributed by atoms with Gasteiger partial charge >= 0.3 is 0 Å². The molecule has 1 rings (SSSR count). The molecule has 0 bridgehead atoms. The Bertz CT molecular complexity index is 133. The Morgan fingerprint density at radius 1 is 1.00 bits per heavy atom. The van der Waals surface area contributed by atoms with Gasteiger partial charge in [-0.2, -0.15) is 0 Å². The van der Waals surface area contributed by atoms with Gasteiger partial charge in [-0.15, -0.1) is 0 Å². The van der Waals surface area contributed by atoms with Crippen LogP contribution >= 0.6 is 0 Å². The monoisotopic (exact) mass is 212 g/mol. The Hall–Kier alpha value is -1.15. The minimum Gasteiger partial charge on any atom is -0.385 e. The molecule has 0 aliphatic carbocycles. The Kier molecular flexibility index (Phi) is 37.9. The predicted octanol–water partition coefficient (Wildman–Crippen LogP) is 3.57. The van der Waals surface area contributed by atoms with Gasteiger partial charge < -0.3 is 9.53 Å². The largest absolute Gasteiger partial charge is 0.385 e. The first-order valence-electron chi connectivity index (χ1n) is 5.22. The molecule has 0 aromatic heterocycles. The van der Waals surface area contributed by atoms with E-state index in [9.17, 15) is 0 Å². The van der Waals surface area contributed by atoms with Crippen LogP contribution in [0.15, 0.2) is 36.4 Å². The number of ether oxygens (including phenoxy) is 1. The summed E-state index contributed by atoms with van der Waals surface area (Å²) in [5, 5.41) is 0. The molecule has 0 radical (unpaired) electrons. The van der Waals surface area contributed by atoms with Gasteiger partial charge in [-0.3, -0.25) is 0 Å². The van der Waals surface area contributed by atoms with E-state index in [0.29, 0.717) is 0 Å². The van der Waals surface area contributed by atoms with Gasteiger partial charge in [-0.25, -0.2) is 0 Å². The fourth-order valence-electron chi connectivity index (χ4n) is 0.385. The van der Waals surface area contributed by atoms with Crippen LogP contribution in [0.4, 0.5) is 0 Å². The van der Waals surface area contributed by atoms with E-state index in [1.54, 1.807) is 7.11 Å². The first-order valence-corrected chi connectivity index (χ1v) is 5.22. The molecule has 0 atom stereocenters. The molecule has 0 aliphatic heterocycles. The summed E-state index contributed by atoms with van der Waals surface area (Å²) in [6, 6.07) is 12.0. The van der Waals surface area contributed by atoms with Crippen LogP contribution in [-0.4, -0.2) is 20.0 Å². The Morgan fingerprint density at radius 2 is 1.13 bits per heavy atom. The first kappa shape index (κ1) is 19.4. The van der Waals surface area contributed by atoms with E-state index in [0.717, 1.165) is 12.9 Å². The van der Waals surface area contributed by atoms with Crippen LogP contribution < -0.4 is 0 Å². The van der Waals surface area contributed by atoms with Gasteiger partial charge in [0.05, 0.1) is 0 Å². The van der Waals surface area contributed by atoms with Crippen molar-refractivity contribution >= 4 is 6.29 Å². The predicted molar refractivity (Wildman–Crippen MR) is 67.1 cm³/mol. The summed E-state index contributed by atoms with van der Waals surface area (Å²) in [6.07, 6.45) is 0.750. The highest BCUT2D eigenvalue weighted by atomic mass is 16.5. The maximum Gasteiger partial charge on any atom is 0.116 e. The zero-order valence-electron chi connectivity index (χ0n) is 10.6. The van der Waals surface area contributed by atoms with E-state index in [2.05, 4.69) is 4.74 Å². The van der Waals surface area contributed by atoms with Crippen molar-refractivity contribution in [3.8, 4) is 0 Å². The van der Waals surface area contributed by atoms with Crippen molar-refractivity contribution in [2.24, 2.45) is 0 Å². The van der Waals surface area contributed by atoms with Crippen molar-refractivity contribution in [3.05, 3.63) is 36.4 Å².